The van der Waals surface area contributed by atoms with Gasteiger partial charge >= 0.3 is 0 Å². The molecule has 0 bridgehead atoms. The molecule has 1 aliphatic heterocycles. The quantitative estimate of drug-likeness (QED) is 0.616. The molecule has 0 aliphatic carbocycles. The van der Waals surface area contributed by atoms with Gasteiger partial charge in [-0.2, -0.15) is 0 Å². The van der Waals surface area contributed by atoms with E-state index in [0.717, 1.165) is 31.0 Å². The van der Waals surface area contributed by atoms with Crippen molar-refractivity contribution in [3.63, 3.8) is 0 Å². The number of likely N-dealkylation sites (N-methyl/N-ethyl adjacent to an activating group) is 1. The number of hydrazine groups is 1. The van der Waals surface area contributed by atoms with Crippen molar-refractivity contribution in [1.82, 2.24) is 9.97 Å². The molecule has 1 saturated heterocycles. The van der Waals surface area contributed by atoms with E-state index in [1.165, 1.54) is 19.2 Å². The number of rotatable bonds is 4. The van der Waals surface area contributed by atoms with Gasteiger partial charge in [-0.25, -0.2) is 15.8 Å². The fraction of sp³-hybridized carbons (Fsp3) is 0.667. The van der Waals surface area contributed by atoms with Crippen molar-refractivity contribution in [3.8, 4) is 0 Å². The highest BCUT2D eigenvalue weighted by Crippen LogP contribution is 2.22. The average Bonchev–Trinajstić information content (AvgIpc) is 2.40. The molecule has 6 nitrogen and oxygen atoms in total. The minimum Gasteiger partial charge on any atom is -0.376 e. The van der Waals surface area contributed by atoms with Crippen molar-refractivity contribution in [2.75, 3.05) is 30.5 Å². The number of nitrogens with one attached hydrogen (secondary N) is 1. The molecule has 1 fully saturated rings. The second kappa shape index (κ2) is 5.97. The van der Waals surface area contributed by atoms with Gasteiger partial charge in [-0.1, -0.05) is 0 Å². The molecule has 1 aromatic rings. The first kappa shape index (κ1) is 13.0. The van der Waals surface area contributed by atoms with Crippen LogP contribution in [0.1, 0.15) is 24.8 Å². The maximum atomic E-state index is 5.74. The third-order valence-electron chi connectivity index (χ3n) is 3.31. The van der Waals surface area contributed by atoms with Crippen LogP contribution in [-0.4, -0.2) is 36.3 Å². The fourth-order valence-electron chi connectivity index (χ4n) is 2.31. The Labute approximate surface area is 108 Å². The van der Waals surface area contributed by atoms with Crippen LogP contribution in [0.3, 0.4) is 0 Å². The number of hydrogen-bond donors (Lipinski definition) is 2. The zero-order valence-corrected chi connectivity index (χ0v) is 11.0. The van der Waals surface area contributed by atoms with Gasteiger partial charge < -0.3 is 15.1 Å². The Kier molecular flexibility index (Phi) is 4.33. The Morgan fingerprint density at radius 1 is 1.50 bits per heavy atom. The van der Waals surface area contributed by atoms with E-state index >= 15 is 0 Å². The summed E-state index contributed by atoms with van der Waals surface area (Å²) in [6.45, 7) is 3.68. The Balaban J connectivity index is 2.05. The van der Waals surface area contributed by atoms with E-state index in [-0.39, 0.29) is 0 Å². The summed E-state index contributed by atoms with van der Waals surface area (Å²) in [7, 11) is 2.02. The van der Waals surface area contributed by atoms with Gasteiger partial charge in [-0.3, -0.25) is 0 Å². The number of nitrogen functional groups attached to an aromatic ring is 1. The van der Waals surface area contributed by atoms with Crippen LogP contribution in [0.2, 0.25) is 0 Å². The second-order valence-corrected chi connectivity index (χ2v) is 4.68. The van der Waals surface area contributed by atoms with Crippen molar-refractivity contribution in [1.29, 1.82) is 0 Å². The summed E-state index contributed by atoms with van der Waals surface area (Å²) in [6.07, 6.45) is 5.37. The average molecular weight is 251 g/mol. The van der Waals surface area contributed by atoms with Crippen LogP contribution in [-0.2, 0) is 4.74 Å². The first-order chi connectivity index (χ1) is 8.72. The lowest BCUT2D eigenvalue weighted by molar-refractivity contribution is 0.0215. The molecule has 0 aromatic carbocycles. The number of anilines is 2. The van der Waals surface area contributed by atoms with E-state index in [0.29, 0.717) is 11.9 Å². The SMILES string of the molecule is Cc1c(NN)ncnc1N(C)CC1CCCCO1. The van der Waals surface area contributed by atoms with Crippen molar-refractivity contribution < 1.29 is 4.74 Å². The molecule has 0 saturated carbocycles. The molecule has 0 spiro atoms. The summed E-state index contributed by atoms with van der Waals surface area (Å²) in [5.41, 5.74) is 3.54. The Morgan fingerprint density at radius 2 is 2.33 bits per heavy atom. The Hall–Kier alpha value is -1.40. The largest absolute Gasteiger partial charge is 0.376 e. The third-order valence-corrected chi connectivity index (χ3v) is 3.31. The normalized spacial score (nSPS) is 19.6. The highest BCUT2D eigenvalue weighted by Gasteiger charge is 2.18. The van der Waals surface area contributed by atoms with Gasteiger partial charge in [0.05, 0.1) is 6.10 Å². The molecule has 1 aromatic heterocycles. The van der Waals surface area contributed by atoms with Gasteiger partial charge in [0, 0.05) is 25.8 Å². The lowest BCUT2D eigenvalue weighted by Gasteiger charge is -2.28. The molecule has 1 unspecified atom stereocenters. The van der Waals surface area contributed by atoms with E-state index in [4.69, 9.17) is 10.6 Å². The first-order valence-electron chi connectivity index (χ1n) is 6.33. The van der Waals surface area contributed by atoms with Crippen LogP contribution in [0.5, 0.6) is 0 Å². The number of nitrogens with two attached hydrogens (primary N) is 1. The van der Waals surface area contributed by atoms with E-state index in [2.05, 4.69) is 20.3 Å². The van der Waals surface area contributed by atoms with Gasteiger partial charge in [0.15, 0.2) is 0 Å². The lowest BCUT2D eigenvalue weighted by atomic mass is 10.1. The molecule has 2 heterocycles. The standard InChI is InChI=1S/C12H21N5O/c1-9-11(16-13)14-8-15-12(9)17(2)7-10-5-3-4-6-18-10/h8,10H,3-7,13H2,1-2H3,(H,14,15,16). The smallest absolute Gasteiger partial charge is 0.148 e. The van der Waals surface area contributed by atoms with Crippen LogP contribution >= 0.6 is 0 Å². The molecule has 2 rings (SSSR count). The molecule has 0 amide bonds. The Bertz CT molecular complexity index is 392. The van der Waals surface area contributed by atoms with E-state index in [1.807, 2.05) is 14.0 Å². The monoisotopic (exact) mass is 251 g/mol. The summed E-state index contributed by atoms with van der Waals surface area (Å²) < 4.78 is 5.74. The summed E-state index contributed by atoms with van der Waals surface area (Å²) in [5, 5.41) is 0. The molecule has 6 heteroatoms. The number of aromatic nitrogens is 2. The van der Waals surface area contributed by atoms with E-state index < -0.39 is 0 Å². The number of nitrogens with zero attached hydrogens (tertiary/aromatic N) is 3. The lowest BCUT2D eigenvalue weighted by Crippen LogP contribution is -2.34. The van der Waals surface area contributed by atoms with Crippen LogP contribution < -0.4 is 16.2 Å². The van der Waals surface area contributed by atoms with Crippen molar-refractivity contribution in [2.45, 2.75) is 32.3 Å². The van der Waals surface area contributed by atoms with Gasteiger partial charge in [0.1, 0.15) is 18.0 Å². The summed E-state index contributed by atoms with van der Waals surface area (Å²) in [4.78, 5) is 10.5. The third kappa shape index (κ3) is 2.88. The van der Waals surface area contributed by atoms with Crippen molar-refractivity contribution >= 4 is 11.6 Å². The zero-order chi connectivity index (χ0) is 13.0. The van der Waals surface area contributed by atoms with Crippen LogP contribution in [0.4, 0.5) is 11.6 Å². The van der Waals surface area contributed by atoms with Crippen LogP contribution in [0, 0.1) is 6.92 Å². The molecular formula is C12H21N5O. The van der Waals surface area contributed by atoms with Gasteiger partial charge in [-0.05, 0) is 26.2 Å². The predicted molar refractivity (Wildman–Crippen MR) is 71.4 cm³/mol. The highest BCUT2D eigenvalue weighted by molar-refractivity contribution is 5.56. The molecular weight excluding hydrogens is 230 g/mol. The molecule has 100 valence electrons. The van der Waals surface area contributed by atoms with Crippen LogP contribution in [0.25, 0.3) is 0 Å². The van der Waals surface area contributed by atoms with Gasteiger partial charge in [0.25, 0.3) is 0 Å². The highest BCUT2D eigenvalue weighted by atomic mass is 16.5. The van der Waals surface area contributed by atoms with Gasteiger partial charge in [-0.15, -0.1) is 0 Å². The first-order valence-corrected chi connectivity index (χ1v) is 6.33. The number of hydrogen-bond acceptors (Lipinski definition) is 6. The van der Waals surface area contributed by atoms with Gasteiger partial charge in [0.2, 0.25) is 0 Å². The molecule has 18 heavy (non-hydrogen) atoms. The Morgan fingerprint density at radius 3 is 3.00 bits per heavy atom. The molecule has 0 radical (unpaired) electrons. The topological polar surface area (TPSA) is 76.3 Å². The predicted octanol–water partition coefficient (Wildman–Crippen LogP) is 1.08. The van der Waals surface area contributed by atoms with Crippen LogP contribution in [0.15, 0.2) is 6.33 Å². The van der Waals surface area contributed by atoms with E-state index in [1.54, 1.807) is 0 Å². The second-order valence-electron chi connectivity index (χ2n) is 4.68. The number of ether oxygens (including phenoxy) is 1. The minimum absolute atomic E-state index is 0.299. The van der Waals surface area contributed by atoms with Crippen molar-refractivity contribution in [2.24, 2.45) is 5.84 Å². The summed E-state index contributed by atoms with van der Waals surface area (Å²) in [6, 6.07) is 0. The zero-order valence-electron chi connectivity index (χ0n) is 11.0. The fourth-order valence-corrected chi connectivity index (χ4v) is 2.31. The summed E-state index contributed by atoms with van der Waals surface area (Å²) in [5.74, 6) is 6.98. The maximum absolute atomic E-state index is 5.74. The summed E-state index contributed by atoms with van der Waals surface area (Å²) >= 11 is 0. The minimum atomic E-state index is 0.299. The van der Waals surface area contributed by atoms with Crippen molar-refractivity contribution in [3.05, 3.63) is 11.9 Å². The molecule has 1 atom stereocenters. The maximum Gasteiger partial charge on any atom is 0.148 e. The molecule has 3 N–H and O–H groups in total. The van der Waals surface area contributed by atoms with E-state index in [9.17, 15) is 0 Å². The molecule has 1 aliphatic rings.